The Hall–Kier alpha value is -1.26. The van der Waals surface area contributed by atoms with Crippen LogP contribution in [-0.2, 0) is 9.53 Å². The molecule has 1 amide bonds. The van der Waals surface area contributed by atoms with Crippen molar-refractivity contribution in [3.8, 4) is 0 Å². The third kappa shape index (κ3) is 4.63. The van der Waals surface area contributed by atoms with E-state index in [1.807, 2.05) is 0 Å². The van der Waals surface area contributed by atoms with E-state index in [9.17, 15) is 14.7 Å². The van der Waals surface area contributed by atoms with E-state index < -0.39 is 23.7 Å². The maximum atomic E-state index is 11.5. The third-order valence-corrected chi connectivity index (χ3v) is 2.80. The van der Waals surface area contributed by atoms with Gasteiger partial charge >= 0.3 is 6.09 Å². The fourth-order valence-corrected chi connectivity index (χ4v) is 2.09. The van der Waals surface area contributed by atoms with Crippen LogP contribution in [0.1, 0.15) is 46.5 Å². The lowest BCUT2D eigenvalue weighted by Gasteiger charge is -2.27. The van der Waals surface area contributed by atoms with Crippen molar-refractivity contribution in [2.75, 3.05) is 0 Å². The third-order valence-electron chi connectivity index (χ3n) is 2.80. The summed E-state index contributed by atoms with van der Waals surface area (Å²) in [6.07, 6.45) is 2.94. The second kappa shape index (κ2) is 5.38. The van der Waals surface area contributed by atoms with Crippen LogP contribution in [0.25, 0.3) is 0 Å². The van der Waals surface area contributed by atoms with Crippen LogP contribution < -0.4 is 10.4 Å². The van der Waals surface area contributed by atoms with Crippen molar-refractivity contribution in [1.29, 1.82) is 0 Å². The standard InChI is InChI=1S/C12H21NO4/c1-12(2,3)17-11(16)13-9(10(14)15)8-6-4-5-7-8/h8-9H,4-7H2,1-3H3,(H,13,16)(H,14,15)/p-1/t9-/m0/s1. The molecule has 98 valence electrons. The molecule has 0 bridgehead atoms. The van der Waals surface area contributed by atoms with Gasteiger partial charge in [-0.3, -0.25) is 0 Å². The Balaban J connectivity index is 2.55. The predicted octanol–water partition coefficient (Wildman–Crippen LogP) is 0.820. The van der Waals surface area contributed by atoms with Gasteiger partial charge in [-0.1, -0.05) is 12.8 Å². The largest absolute Gasteiger partial charge is 0.548 e. The minimum atomic E-state index is -1.23. The number of aliphatic carboxylic acids is 1. The van der Waals surface area contributed by atoms with Crippen LogP contribution in [-0.4, -0.2) is 23.7 Å². The van der Waals surface area contributed by atoms with Gasteiger partial charge in [-0.15, -0.1) is 0 Å². The first-order valence-electron chi connectivity index (χ1n) is 6.00. The highest BCUT2D eigenvalue weighted by Crippen LogP contribution is 2.27. The van der Waals surface area contributed by atoms with Gasteiger partial charge in [0.1, 0.15) is 5.60 Å². The SMILES string of the molecule is CC(C)(C)OC(=O)N[C@H](C(=O)[O-])C1CCCC1. The number of nitrogens with one attached hydrogen (secondary N) is 1. The molecule has 1 rings (SSSR count). The fraction of sp³-hybridized carbons (Fsp3) is 0.833. The first-order chi connectivity index (χ1) is 7.79. The molecule has 0 aliphatic heterocycles. The van der Waals surface area contributed by atoms with Crippen LogP contribution in [0.2, 0.25) is 0 Å². The molecule has 5 heteroatoms. The summed E-state index contributed by atoms with van der Waals surface area (Å²) in [6.45, 7) is 5.20. The molecule has 0 heterocycles. The van der Waals surface area contributed by atoms with Gasteiger partial charge in [-0.25, -0.2) is 4.79 Å². The lowest BCUT2D eigenvalue weighted by Crippen LogP contribution is -2.52. The van der Waals surface area contributed by atoms with E-state index in [1.165, 1.54) is 0 Å². The van der Waals surface area contributed by atoms with Crippen molar-refractivity contribution in [2.24, 2.45) is 5.92 Å². The summed E-state index contributed by atoms with van der Waals surface area (Å²) in [5.41, 5.74) is -0.629. The maximum absolute atomic E-state index is 11.5. The molecule has 1 aliphatic carbocycles. The number of carbonyl (C=O) groups is 2. The summed E-state index contributed by atoms with van der Waals surface area (Å²) in [6, 6.07) is -0.938. The zero-order valence-electron chi connectivity index (χ0n) is 10.6. The molecule has 1 fully saturated rings. The normalized spacial score (nSPS) is 18.8. The van der Waals surface area contributed by atoms with Gasteiger partial charge in [0.2, 0.25) is 0 Å². The van der Waals surface area contributed by atoms with Crippen molar-refractivity contribution >= 4 is 12.1 Å². The molecule has 0 radical (unpaired) electrons. The first-order valence-corrected chi connectivity index (χ1v) is 6.00. The number of carboxylic acid groups (broad SMARTS) is 1. The van der Waals surface area contributed by atoms with Crippen molar-refractivity contribution < 1.29 is 19.4 Å². The minimum Gasteiger partial charge on any atom is -0.548 e. The predicted molar refractivity (Wildman–Crippen MR) is 60.1 cm³/mol. The van der Waals surface area contributed by atoms with Gasteiger partial charge < -0.3 is 20.0 Å². The number of amides is 1. The molecule has 1 atom stereocenters. The summed E-state index contributed by atoms with van der Waals surface area (Å²) in [5.74, 6) is -1.27. The van der Waals surface area contributed by atoms with E-state index in [-0.39, 0.29) is 5.92 Å². The molecule has 0 aromatic carbocycles. The summed E-state index contributed by atoms with van der Waals surface area (Å²) >= 11 is 0. The van der Waals surface area contributed by atoms with Gasteiger partial charge in [0, 0.05) is 0 Å². The molecule has 1 saturated carbocycles. The van der Waals surface area contributed by atoms with Crippen molar-refractivity contribution in [1.82, 2.24) is 5.32 Å². The topological polar surface area (TPSA) is 78.5 Å². The number of ether oxygens (including phenoxy) is 1. The van der Waals surface area contributed by atoms with Crippen LogP contribution in [0.5, 0.6) is 0 Å². The van der Waals surface area contributed by atoms with E-state index in [0.717, 1.165) is 25.7 Å². The number of carboxylic acids is 1. The Labute approximate surface area is 102 Å². The Morgan fingerprint density at radius 3 is 2.24 bits per heavy atom. The summed E-state index contributed by atoms with van der Waals surface area (Å²) < 4.78 is 5.04. The van der Waals surface area contributed by atoms with Crippen molar-refractivity contribution in [2.45, 2.75) is 58.1 Å². The summed E-state index contributed by atoms with van der Waals surface area (Å²) in [7, 11) is 0. The molecule has 0 unspecified atom stereocenters. The van der Waals surface area contributed by atoms with Crippen LogP contribution in [0.15, 0.2) is 0 Å². The number of rotatable bonds is 3. The number of hydrogen-bond acceptors (Lipinski definition) is 4. The highest BCUT2D eigenvalue weighted by atomic mass is 16.6. The fourth-order valence-electron chi connectivity index (χ4n) is 2.09. The van der Waals surface area contributed by atoms with Gasteiger partial charge in [-0.2, -0.15) is 0 Å². The lowest BCUT2D eigenvalue weighted by molar-refractivity contribution is -0.309. The number of carbonyl (C=O) groups excluding carboxylic acids is 2. The molecule has 0 saturated heterocycles. The minimum absolute atomic E-state index is 0.0347. The molecule has 1 aliphatic rings. The molecule has 0 aromatic rings. The Bertz CT molecular complexity index is 289. The lowest BCUT2D eigenvalue weighted by atomic mass is 9.98. The van der Waals surface area contributed by atoms with Gasteiger partial charge in [0.25, 0.3) is 0 Å². The van der Waals surface area contributed by atoms with Crippen molar-refractivity contribution in [3.05, 3.63) is 0 Å². The molecule has 0 spiro atoms. The number of hydrogen-bond donors (Lipinski definition) is 1. The van der Waals surface area contributed by atoms with Gasteiger partial charge in [0.05, 0.1) is 12.0 Å². The van der Waals surface area contributed by atoms with Crippen LogP contribution in [0.3, 0.4) is 0 Å². The molecule has 0 aromatic heterocycles. The Morgan fingerprint density at radius 2 is 1.82 bits per heavy atom. The monoisotopic (exact) mass is 242 g/mol. The average Bonchev–Trinajstić information content (AvgIpc) is 2.63. The van der Waals surface area contributed by atoms with E-state index in [1.54, 1.807) is 20.8 Å². The summed E-state index contributed by atoms with van der Waals surface area (Å²) in [4.78, 5) is 22.5. The van der Waals surface area contributed by atoms with E-state index >= 15 is 0 Å². The van der Waals surface area contributed by atoms with Crippen LogP contribution >= 0.6 is 0 Å². The zero-order chi connectivity index (χ0) is 13.1. The second-order valence-electron chi connectivity index (χ2n) is 5.49. The van der Waals surface area contributed by atoms with Gasteiger partial charge in [0.15, 0.2) is 0 Å². The second-order valence-corrected chi connectivity index (χ2v) is 5.49. The van der Waals surface area contributed by atoms with Crippen molar-refractivity contribution in [3.63, 3.8) is 0 Å². The Morgan fingerprint density at radius 1 is 1.29 bits per heavy atom. The smallest absolute Gasteiger partial charge is 0.408 e. The van der Waals surface area contributed by atoms with Crippen LogP contribution in [0, 0.1) is 5.92 Å². The van der Waals surface area contributed by atoms with E-state index in [0.29, 0.717) is 0 Å². The highest BCUT2D eigenvalue weighted by Gasteiger charge is 2.28. The Kier molecular flexibility index (Phi) is 4.37. The van der Waals surface area contributed by atoms with E-state index in [4.69, 9.17) is 4.74 Å². The number of alkyl carbamates (subject to hydrolysis) is 1. The van der Waals surface area contributed by atoms with Crippen LogP contribution in [0.4, 0.5) is 4.79 Å². The maximum Gasteiger partial charge on any atom is 0.408 e. The molecular weight excluding hydrogens is 222 g/mol. The molecule has 17 heavy (non-hydrogen) atoms. The first kappa shape index (κ1) is 13.8. The molecule has 5 nitrogen and oxygen atoms in total. The average molecular weight is 242 g/mol. The molecular formula is C12H20NO4-. The highest BCUT2D eigenvalue weighted by molar-refractivity contribution is 5.79. The quantitative estimate of drug-likeness (QED) is 0.794. The molecule has 1 N–H and O–H groups in total. The van der Waals surface area contributed by atoms with E-state index in [2.05, 4.69) is 5.32 Å². The summed E-state index contributed by atoms with van der Waals surface area (Å²) in [5, 5.41) is 13.4. The van der Waals surface area contributed by atoms with Gasteiger partial charge in [-0.05, 0) is 39.5 Å². The zero-order valence-corrected chi connectivity index (χ0v) is 10.6.